The summed E-state index contributed by atoms with van der Waals surface area (Å²) in [5.41, 5.74) is 8.56. The molecule has 5 amide bonds. The molecule has 2 aromatic carbocycles. The molecule has 4 heterocycles. The number of piperazine rings is 2. The summed E-state index contributed by atoms with van der Waals surface area (Å²) in [5.74, 6) is -2.22. The summed E-state index contributed by atoms with van der Waals surface area (Å²) in [6, 6.07) is 20.5. The van der Waals surface area contributed by atoms with Crippen molar-refractivity contribution in [2.75, 3.05) is 88.3 Å². The third-order valence-electron chi connectivity index (χ3n) is 10.6. The van der Waals surface area contributed by atoms with E-state index in [0.29, 0.717) is 64.6 Å². The van der Waals surface area contributed by atoms with Gasteiger partial charge in [0.2, 0.25) is 0 Å². The molecule has 0 saturated carbocycles. The van der Waals surface area contributed by atoms with Crippen LogP contribution >= 0.6 is 23.2 Å². The predicted molar refractivity (Wildman–Crippen MR) is 239 cm³/mol. The molecule has 0 aliphatic carbocycles. The molecule has 2 saturated heterocycles. The van der Waals surface area contributed by atoms with Crippen molar-refractivity contribution in [3.8, 4) is 0 Å². The summed E-state index contributed by atoms with van der Waals surface area (Å²) in [6.07, 6.45) is -0.383. The van der Waals surface area contributed by atoms with Gasteiger partial charge in [0, 0.05) is 97.3 Å². The predicted octanol–water partition coefficient (Wildman–Crippen LogP) is 5.70. The summed E-state index contributed by atoms with van der Waals surface area (Å²) in [7, 11) is 0. The fourth-order valence-corrected chi connectivity index (χ4v) is 7.20. The van der Waals surface area contributed by atoms with Gasteiger partial charge in [-0.3, -0.25) is 34.2 Å². The number of ketones is 2. The molecule has 0 spiro atoms. The number of anilines is 2. The van der Waals surface area contributed by atoms with Crippen LogP contribution < -0.4 is 20.9 Å². The van der Waals surface area contributed by atoms with Crippen molar-refractivity contribution in [1.82, 2.24) is 34.9 Å². The van der Waals surface area contributed by atoms with Crippen molar-refractivity contribution in [2.45, 2.75) is 33.4 Å². The lowest BCUT2D eigenvalue weighted by Gasteiger charge is -2.37. The third-order valence-corrected chi connectivity index (χ3v) is 11.1. The van der Waals surface area contributed by atoms with Gasteiger partial charge >= 0.3 is 18.5 Å². The fourth-order valence-electron chi connectivity index (χ4n) is 6.83. The topological polar surface area (TPSA) is 169 Å². The number of carbonyl (C=O) groups excluding carboxylic acids is 5. The van der Waals surface area contributed by atoms with Crippen LogP contribution in [0.25, 0.3) is 0 Å². The van der Waals surface area contributed by atoms with Crippen molar-refractivity contribution < 1.29 is 32.8 Å². The maximum atomic E-state index is 13.4. The van der Waals surface area contributed by atoms with E-state index < -0.39 is 24.7 Å². The monoisotopic (exact) mass is 908 g/mol. The van der Waals surface area contributed by atoms with Crippen molar-refractivity contribution in [3.05, 3.63) is 118 Å². The zero-order chi connectivity index (χ0) is 45.5. The Labute approximate surface area is 375 Å². The number of nitrogens with two attached hydrogens (primary N) is 1. The van der Waals surface area contributed by atoms with Crippen LogP contribution in [0, 0.1) is 0 Å². The molecule has 19 heteroatoms. The van der Waals surface area contributed by atoms with Gasteiger partial charge in [0.05, 0.1) is 37.6 Å². The van der Waals surface area contributed by atoms with E-state index >= 15 is 0 Å². The average molecular weight is 910 g/mol. The molecular formula is C44H52Cl2F2N10O5. The van der Waals surface area contributed by atoms with Gasteiger partial charge in [-0.2, -0.15) is 8.78 Å². The summed E-state index contributed by atoms with van der Waals surface area (Å²) >= 11 is 12.3. The standard InChI is InChI=1S/C23H26ClF2N5O3.C21H26ClN5O2/c1-2-29-8-10-30(11-9-29)23(34)31(19-5-3-4-17(24)12-19)15-18-7-6-16(13-27-18)20(32)14-28-22(33)21(25)26;1-2-25-8-10-26(11-9-25)21(29)27(19-5-3-4-17(22)12-19)15-18-7-6-16(14-24-18)20(28)13-23/h3-7,12-13,21H,2,8-11,14-15H2,1H3,(H,28,33);3-7,12,14H,2,8-11,13,15,23H2,1H3. The van der Waals surface area contributed by atoms with Gasteiger partial charge in [0.15, 0.2) is 11.6 Å². The number of benzene rings is 2. The Morgan fingerprint density at radius 2 is 1.10 bits per heavy atom. The first-order chi connectivity index (χ1) is 30.3. The van der Waals surface area contributed by atoms with Crippen LogP contribution in [0.3, 0.4) is 0 Å². The first-order valence-corrected chi connectivity index (χ1v) is 21.4. The minimum atomic E-state index is -3.19. The number of rotatable bonds is 14. The molecule has 15 nitrogen and oxygen atoms in total. The van der Waals surface area contributed by atoms with Crippen LogP contribution in [0.4, 0.5) is 29.7 Å². The maximum absolute atomic E-state index is 13.4. The molecule has 2 fully saturated rings. The van der Waals surface area contributed by atoms with Crippen molar-refractivity contribution >= 4 is 64.1 Å². The number of carbonyl (C=O) groups is 5. The lowest BCUT2D eigenvalue weighted by molar-refractivity contribution is -0.131. The van der Waals surface area contributed by atoms with Crippen LogP contribution in [-0.4, -0.2) is 144 Å². The molecule has 6 rings (SSSR count). The van der Waals surface area contributed by atoms with Crippen LogP contribution in [0.5, 0.6) is 0 Å². The lowest BCUT2D eigenvalue weighted by atomic mass is 10.1. The van der Waals surface area contributed by atoms with Crippen LogP contribution in [-0.2, 0) is 17.9 Å². The SMILES string of the molecule is CCN1CCN(C(=O)N(Cc2ccc(C(=O)CN)cn2)c2cccc(Cl)c2)CC1.CCN1CCN(C(=O)N(Cc2ccc(C(=O)CNC(=O)C(F)F)cn2)c2cccc(Cl)c2)CC1. The second-order valence-corrected chi connectivity index (χ2v) is 15.6. The highest BCUT2D eigenvalue weighted by Crippen LogP contribution is 2.25. The minimum Gasteiger partial charge on any atom is -0.344 e. The number of hydrogen-bond donors (Lipinski definition) is 2. The second kappa shape index (κ2) is 23.7. The van der Waals surface area contributed by atoms with E-state index in [2.05, 4.69) is 33.6 Å². The van der Waals surface area contributed by atoms with Crippen molar-refractivity contribution in [3.63, 3.8) is 0 Å². The molecule has 0 atom stereocenters. The molecule has 4 aromatic rings. The van der Waals surface area contributed by atoms with Gasteiger partial charge in [-0.05, 0) is 73.8 Å². The number of hydrogen-bond acceptors (Lipinski definition) is 10. The second-order valence-electron chi connectivity index (χ2n) is 14.7. The third kappa shape index (κ3) is 14.0. The molecule has 336 valence electrons. The quantitative estimate of drug-likeness (QED) is 0.150. The van der Waals surface area contributed by atoms with Gasteiger partial charge in [0.1, 0.15) is 0 Å². The highest BCUT2D eigenvalue weighted by atomic mass is 35.5. The molecule has 2 aliphatic heterocycles. The zero-order valence-electron chi connectivity index (χ0n) is 35.3. The van der Waals surface area contributed by atoms with E-state index in [4.69, 9.17) is 28.9 Å². The van der Waals surface area contributed by atoms with E-state index in [9.17, 15) is 32.8 Å². The van der Waals surface area contributed by atoms with Gasteiger partial charge in [-0.25, -0.2) is 9.59 Å². The molecule has 3 N–H and O–H groups in total. The smallest absolute Gasteiger partial charge is 0.324 e. The Bertz CT molecular complexity index is 2170. The number of amides is 5. The van der Waals surface area contributed by atoms with Gasteiger partial charge < -0.3 is 30.7 Å². The number of pyridine rings is 2. The van der Waals surface area contributed by atoms with E-state index in [1.54, 1.807) is 69.3 Å². The summed E-state index contributed by atoms with van der Waals surface area (Å²) in [5, 5.41) is 2.93. The molecule has 0 unspecified atom stereocenters. The Hall–Kier alpha value is -5.59. The van der Waals surface area contributed by atoms with Gasteiger partial charge in [0.25, 0.3) is 5.91 Å². The Morgan fingerprint density at radius 1 is 0.667 bits per heavy atom. The highest BCUT2D eigenvalue weighted by molar-refractivity contribution is 6.31. The maximum Gasteiger partial charge on any atom is 0.324 e. The van der Waals surface area contributed by atoms with Gasteiger partial charge in [-0.1, -0.05) is 49.2 Å². The number of likely N-dealkylation sites (N-methyl/N-ethyl adjacent to an activating group) is 2. The lowest BCUT2D eigenvalue weighted by Crippen LogP contribution is -2.52. The first kappa shape index (κ1) is 48.4. The van der Waals surface area contributed by atoms with Crippen LogP contribution in [0.15, 0.2) is 85.2 Å². The van der Waals surface area contributed by atoms with Crippen LogP contribution in [0.2, 0.25) is 10.0 Å². The summed E-state index contributed by atoms with van der Waals surface area (Å²) in [6.45, 7) is 11.8. The number of Topliss-reactive ketones (excluding diaryl/α,β-unsaturated/α-hetero) is 2. The Morgan fingerprint density at radius 3 is 1.44 bits per heavy atom. The van der Waals surface area contributed by atoms with Gasteiger partial charge in [-0.15, -0.1) is 0 Å². The summed E-state index contributed by atoms with van der Waals surface area (Å²) in [4.78, 5) is 81.7. The minimum absolute atomic E-state index is 0.0576. The fraction of sp³-hybridized carbons (Fsp3) is 0.386. The average Bonchev–Trinajstić information content (AvgIpc) is 3.31. The number of urea groups is 2. The van der Waals surface area contributed by atoms with Crippen LogP contribution in [0.1, 0.15) is 46.0 Å². The number of nitrogens with one attached hydrogen (secondary N) is 1. The molecule has 0 radical (unpaired) electrons. The summed E-state index contributed by atoms with van der Waals surface area (Å²) < 4.78 is 24.6. The zero-order valence-corrected chi connectivity index (χ0v) is 36.8. The number of halogens is 4. The Balaban J connectivity index is 0.000000240. The van der Waals surface area contributed by atoms with Crippen molar-refractivity contribution in [2.24, 2.45) is 5.73 Å². The normalized spacial score (nSPS) is 14.4. The largest absolute Gasteiger partial charge is 0.344 e. The van der Waals surface area contributed by atoms with E-state index in [1.807, 2.05) is 22.3 Å². The molecule has 0 bridgehead atoms. The molecular weight excluding hydrogens is 857 g/mol. The van der Waals surface area contributed by atoms with E-state index in [0.717, 1.165) is 39.3 Å². The molecule has 2 aliphatic rings. The highest BCUT2D eigenvalue weighted by Gasteiger charge is 2.28. The Kier molecular flexibility index (Phi) is 18.3. The van der Waals surface area contributed by atoms with E-state index in [-0.39, 0.29) is 43.0 Å². The molecule has 2 aromatic heterocycles. The van der Waals surface area contributed by atoms with Crippen molar-refractivity contribution in [1.29, 1.82) is 0 Å². The van der Waals surface area contributed by atoms with E-state index in [1.165, 1.54) is 18.5 Å². The number of nitrogens with zero attached hydrogens (tertiary/aromatic N) is 8. The number of alkyl halides is 2. The molecule has 63 heavy (non-hydrogen) atoms. The number of aromatic nitrogens is 2. The first-order valence-electron chi connectivity index (χ1n) is 20.6.